The fraction of sp³-hybridized carbons (Fsp3) is 0.429. The summed E-state index contributed by atoms with van der Waals surface area (Å²) in [7, 11) is 0. The maximum atomic E-state index is 6.16. The molecule has 2 rings (SSSR count). The highest BCUT2D eigenvalue weighted by atomic mass is 79.9. The molecule has 1 unspecified atom stereocenters. The van der Waals surface area contributed by atoms with E-state index in [1.807, 2.05) is 13.8 Å². The van der Waals surface area contributed by atoms with Gasteiger partial charge in [0, 0.05) is 14.9 Å². The lowest BCUT2D eigenvalue weighted by molar-refractivity contribution is 0.494. The van der Waals surface area contributed by atoms with Crippen LogP contribution in [0.15, 0.2) is 21.0 Å². The third-order valence-corrected chi connectivity index (χ3v) is 5.48. The number of aryl methyl sites for hydroxylation is 2. The van der Waals surface area contributed by atoms with Gasteiger partial charge in [-0.2, -0.15) is 0 Å². The van der Waals surface area contributed by atoms with Gasteiger partial charge in [0.1, 0.15) is 15.9 Å². The van der Waals surface area contributed by atoms with E-state index in [4.69, 9.17) is 16.0 Å². The maximum absolute atomic E-state index is 6.16. The molecule has 0 saturated carbocycles. The lowest BCUT2D eigenvalue weighted by Crippen LogP contribution is -2.22. The van der Waals surface area contributed by atoms with Gasteiger partial charge in [-0.05, 0) is 54.9 Å². The van der Waals surface area contributed by atoms with Gasteiger partial charge in [0.2, 0.25) is 0 Å². The Hall–Kier alpha value is -0.290. The van der Waals surface area contributed by atoms with Crippen LogP contribution in [0.4, 0.5) is 0 Å². The monoisotopic (exact) mass is 361 g/mol. The van der Waals surface area contributed by atoms with Gasteiger partial charge in [0.25, 0.3) is 0 Å². The summed E-state index contributed by atoms with van der Waals surface area (Å²) in [5, 5.41) is 3.57. The van der Waals surface area contributed by atoms with Crippen molar-refractivity contribution in [3.8, 4) is 0 Å². The summed E-state index contributed by atoms with van der Waals surface area (Å²) in [6, 6.07) is 4.33. The number of hydrogen-bond donors (Lipinski definition) is 1. The molecule has 2 aromatic rings. The standard InChI is InChI=1S/C14H17BrClNOS/c1-4-5-17-13(10-6-8(2)18-9(10)3)12-7-11(15)14(16)19-12/h6-7,13,17H,4-5H2,1-3H3. The molecule has 0 aliphatic carbocycles. The third kappa shape index (κ3) is 3.43. The van der Waals surface area contributed by atoms with Crippen molar-refractivity contribution in [2.75, 3.05) is 6.54 Å². The molecule has 2 nitrogen and oxygen atoms in total. The van der Waals surface area contributed by atoms with E-state index in [1.165, 1.54) is 10.4 Å². The maximum Gasteiger partial charge on any atom is 0.107 e. The topological polar surface area (TPSA) is 25.2 Å². The quantitative estimate of drug-likeness (QED) is 0.763. The van der Waals surface area contributed by atoms with Crippen molar-refractivity contribution in [3.05, 3.63) is 42.9 Å². The molecule has 5 heteroatoms. The van der Waals surface area contributed by atoms with Crippen LogP contribution >= 0.6 is 38.9 Å². The fourth-order valence-corrected chi connectivity index (χ4v) is 3.93. The van der Waals surface area contributed by atoms with E-state index in [2.05, 4.69) is 40.3 Å². The van der Waals surface area contributed by atoms with Crippen LogP contribution in [0.5, 0.6) is 0 Å². The van der Waals surface area contributed by atoms with E-state index in [0.29, 0.717) is 0 Å². The molecule has 0 fully saturated rings. The Morgan fingerprint density at radius 1 is 1.42 bits per heavy atom. The van der Waals surface area contributed by atoms with Gasteiger partial charge >= 0.3 is 0 Å². The van der Waals surface area contributed by atoms with Crippen molar-refractivity contribution in [1.82, 2.24) is 5.32 Å². The van der Waals surface area contributed by atoms with E-state index < -0.39 is 0 Å². The molecule has 0 bridgehead atoms. The largest absolute Gasteiger partial charge is 0.466 e. The van der Waals surface area contributed by atoms with Crippen LogP contribution in [0.2, 0.25) is 4.34 Å². The van der Waals surface area contributed by atoms with Crippen molar-refractivity contribution in [3.63, 3.8) is 0 Å². The summed E-state index contributed by atoms with van der Waals surface area (Å²) in [5.74, 6) is 1.91. The molecule has 2 heterocycles. The number of halogens is 2. The van der Waals surface area contributed by atoms with Gasteiger partial charge in [-0.1, -0.05) is 18.5 Å². The highest BCUT2D eigenvalue weighted by Gasteiger charge is 2.21. The predicted molar refractivity (Wildman–Crippen MR) is 85.3 cm³/mol. The lowest BCUT2D eigenvalue weighted by Gasteiger charge is -2.16. The number of hydrogen-bond acceptors (Lipinski definition) is 3. The Morgan fingerprint density at radius 3 is 2.63 bits per heavy atom. The Bertz CT molecular complexity index is 544. The zero-order valence-corrected chi connectivity index (χ0v) is 14.4. The minimum Gasteiger partial charge on any atom is -0.466 e. The molecular weight excluding hydrogens is 346 g/mol. The van der Waals surface area contributed by atoms with Crippen LogP contribution in [0.1, 0.15) is 41.3 Å². The minimum absolute atomic E-state index is 0.145. The second-order valence-corrected chi connectivity index (χ2v) is 7.07. The van der Waals surface area contributed by atoms with E-state index in [9.17, 15) is 0 Å². The number of nitrogens with one attached hydrogen (secondary N) is 1. The highest BCUT2D eigenvalue weighted by Crippen LogP contribution is 2.38. The molecular formula is C14H17BrClNOS. The van der Waals surface area contributed by atoms with Crippen LogP contribution < -0.4 is 5.32 Å². The van der Waals surface area contributed by atoms with Crippen molar-refractivity contribution >= 4 is 38.9 Å². The predicted octanol–water partition coefficient (Wildman–Crippen LogP) is 5.46. The van der Waals surface area contributed by atoms with Crippen LogP contribution in [-0.2, 0) is 0 Å². The molecule has 0 aromatic carbocycles. The van der Waals surface area contributed by atoms with Crippen LogP contribution in [0, 0.1) is 13.8 Å². The van der Waals surface area contributed by atoms with Crippen molar-refractivity contribution in [2.24, 2.45) is 0 Å². The van der Waals surface area contributed by atoms with Crippen molar-refractivity contribution < 1.29 is 4.42 Å². The SMILES string of the molecule is CCCNC(c1cc(Br)c(Cl)s1)c1cc(C)oc1C. The average molecular weight is 363 g/mol. The van der Waals surface area contributed by atoms with E-state index >= 15 is 0 Å². The summed E-state index contributed by atoms with van der Waals surface area (Å²) >= 11 is 11.2. The van der Waals surface area contributed by atoms with Gasteiger partial charge in [-0.3, -0.25) is 0 Å². The summed E-state index contributed by atoms with van der Waals surface area (Å²) in [5.41, 5.74) is 1.19. The van der Waals surface area contributed by atoms with Crippen LogP contribution in [-0.4, -0.2) is 6.54 Å². The summed E-state index contributed by atoms with van der Waals surface area (Å²) in [6.07, 6.45) is 1.09. The van der Waals surface area contributed by atoms with E-state index in [0.717, 1.165) is 33.3 Å². The third-order valence-electron chi connectivity index (χ3n) is 2.94. The number of thiophene rings is 1. The summed E-state index contributed by atoms with van der Waals surface area (Å²) in [4.78, 5) is 1.20. The zero-order valence-electron chi connectivity index (χ0n) is 11.2. The summed E-state index contributed by atoms with van der Waals surface area (Å²) in [6.45, 7) is 7.11. The molecule has 104 valence electrons. The fourth-order valence-electron chi connectivity index (χ4n) is 2.10. The first kappa shape index (κ1) is 15.1. The molecule has 1 atom stereocenters. The first-order valence-electron chi connectivity index (χ1n) is 6.28. The number of furan rings is 1. The zero-order chi connectivity index (χ0) is 14.0. The van der Waals surface area contributed by atoms with Crippen LogP contribution in [0.25, 0.3) is 0 Å². The first-order chi connectivity index (χ1) is 9.02. The van der Waals surface area contributed by atoms with Crippen molar-refractivity contribution in [2.45, 2.75) is 33.2 Å². The Balaban J connectivity index is 2.38. The second kappa shape index (κ2) is 6.44. The van der Waals surface area contributed by atoms with E-state index in [-0.39, 0.29) is 6.04 Å². The molecule has 0 aliphatic rings. The number of rotatable bonds is 5. The molecule has 0 aliphatic heterocycles. The van der Waals surface area contributed by atoms with E-state index in [1.54, 1.807) is 11.3 Å². The second-order valence-electron chi connectivity index (χ2n) is 4.53. The smallest absolute Gasteiger partial charge is 0.107 e. The van der Waals surface area contributed by atoms with Gasteiger partial charge in [-0.25, -0.2) is 0 Å². The van der Waals surface area contributed by atoms with Gasteiger partial charge in [0.05, 0.1) is 6.04 Å². The average Bonchev–Trinajstić information content (AvgIpc) is 2.84. The minimum atomic E-state index is 0.145. The molecule has 0 amide bonds. The normalized spacial score (nSPS) is 12.9. The summed E-state index contributed by atoms with van der Waals surface area (Å²) < 4.78 is 7.40. The Morgan fingerprint density at radius 2 is 2.16 bits per heavy atom. The Labute approximate surface area is 131 Å². The van der Waals surface area contributed by atoms with Gasteiger partial charge < -0.3 is 9.73 Å². The first-order valence-corrected chi connectivity index (χ1v) is 8.26. The van der Waals surface area contributed by atoms with Crippen LogP contribution in [0.3, 0.4) is 0 Å². The van der Waals surface area contributed by atoms with Gasteiger partial charge in [-0.15, -0.1) is 11.3 Å². The van der Waals surface area contributed by atoms with Crippen molar-refractivity contribution in [1.29, 1.82) is 0 Å². The van der Waals surface area contributed by atoms with Gasteiger partial charge in [0.15, 0.2) is 0 Å². The Kier molecular flexibility index (Phi) is 5.12. The lowest BCUT2D eigenvalue weighted by atomic mass is 10.1. The highest BCUT2D eigenvalue weighted by molar-refractivity contribution is 9.10. The molecule has 0 saturated heterocycles. The molecule has 19 heavy (non-hydrogen) atoms. The molecule has 0 radical (unpaired) electrons. The molecule has 0 spiro atoms. The molecule has 1 N–H and O–H groups in total. The molecule has 2 aromatic heterocycles.